The van der Waals surface area contributed by atoms with Crippen LogP contribution in [0.25, 0.3) is 0 Å². The van der Waals surface area contributed by atoms with Crippen molar-refractivity contribution in [1.29, 1.82) is 0 Å². The summed E-state index contributed by atoms with van der Waals surface area (Å²) in [6, 6.07) is 14.4. The molecule has 2 aliphatic rings. The predicted octanol–water partition coefficient (Wildman–Crippen LogP) is 3.41. The molecule has 0 saturated carbocycles. The maximum absolute atomic E-state index is 12.4. The van der Waals surface area contributed by atoms with Crippen molar-refractivity contribution in [2.45, 2.75) is 25.4 Å². The smallest absolute Gasteiger partial charge is 0.327 e. The summed E-state index contributed by atoms with van der Waals surface area (Å²) < 4.78 is 11.1. The number of hydrogen-bond acceptors (Lipinski definition) is 4. The molecule has 134 valence electrons. The number of nitrogens with zero attached hydrogens (tertiary/aromatic N) is 2. The van der Waals surface area contributed by atoms with Gasteiger partial charge in [-0.25, -0.2) is 4.79 Å². The summed E-state index contributed by atoms with van der Waals surface area (Å²) in [4.78, 5) is 27.8. The number of benzene rings is 2. The third kappa shape index (κ3) is 2.87. The van der Waals surface area contributed by atoms with Crippen molar-refractivity contribution in [1.82, 2.24) is 9.80 Å². The van der Waals surface area contributed by atoms with E-state index in [4.69, 9.17) is 9.47 Å². The minimum absolute atomic E-state index is 0.0816. The molecule has 3 amide bonds. The Morgan fingerprint density at radius 2 is 1.77 bits per heavy atom. The van der Waals surface area contributed by atoms with Gasteiger partial charge in [0, 0.05) is 6.54 Å². The van der Waals surface area contributed by atoms with Crippen LogP contribution in [0.15, 0.2) is 48.5 Å². The number of ether oxygens (including phenoxy) is 2. The van der Waals surface area contributed by atoms with Crippen molar-refractivity contribution in [3.8, 4) is 17.2 Å². The van der Waals surface area contributed by atoms with Gasteiger partial charge >= 0.3 is 6.03 Å². The van der Waals surface area contributed by atoms with Gasteiger partial charge in [0.15, 0.2) is 11.5 Å². The number of para-hydroxylation sites is 2. The first-order valence-corrected chi connectivity index (χ1v) is 8.69. The van der Waals surface area contributed by atoms with E-state index in [-0.39, 0.29) is 18.0 Å². The molecule has 0 radical (unpaired) electrons. The van der Waals surface area contributed by atoms with Crippen LogP contribution in [0.2, 0.25) is 0 Å². The number of imide groups is 1. The van der Waals surface area contributed by atoms with E-state index in [1.807, 2.05) is 48.5 Å². The number of fused-ring (bicyclic) bond motifs is 1. The molecular formula is C20H20N2O4. The third-order valence-electron chi connectivity index (χ3n) is 4.84. The standard InChI is InChI=1S/C20H20N2O4/c1-25-17-6-2-3-7-18(17)26-15-10-8-14(9-11-15)13-22-19(23)16-5-4-12-21(16)20(22)24/h2-3,6-11,16H,4-5,12-13H2,1H3. The lowest BCUT2D eigenvalue weighted by molar-refractivity contribution is -0.128. The quantitative estimate of drug-likeness (QED) is 0.774. The molecule has 1 unspecified atom stereocenters. The summed E-state index contributed by atoms with van der Waals surface area (Å²) in [6.45, 7) is 0.969. The largest absolute Gasteiger partial charge is 0.493 e. The van der Waals surface area contributed by atoms with Gasteiger partial charge in [-0.1, -0.05) is 24.3 Å². The van der Waals surface area contributed by atoms with E-state index in [0.717, 1.165) is 18.4 Å². The van der Waals surface area contributed by atoms with E-state index < -0.39 is 0 Å². The Balaban J connectivity index is 1.45. The van der Waals surface area contributed by atoms with Crippen molar-refractivity contribution >= 4 is 11.9 Å². The highest BCUT2D eigenvalue weighted by molar-refractivity contribution is 6.04. The average molecular weight is 352 g/mol. The van der Waals surface area contributed by atoms with E-state index in [1.165, 1.54) is 4.90 Å². The van der Waals surface area contributed by atoms with Crippen LogP contribution < -0.4 is 9.47 Å². The first kappa shape index (κ1) is 16.4. The molecule has 0 aliphatic carbocycles. The number of amides is 3. The number of methoxy groups -OCH3 is 1. The van der Waals surface area contributed by atoms with Crippen LogP contribution in [-0.2, 0) is 11.3 Å². The van der Waals surface area contributed by atoms with Gasteiger partial charge in [0.2, 0.25) is 0 Å². The van der Waals surface area contributed by atoms with Crippen LogP contribution in [0.3, 0.4) is 0 Å². The molecule has 2 heterocycles. The fourth-order valence-electron chi connectivity index (χ4n) is 3.50. The Morgan fingerprint density at radius 3 is 2.46 bits per heavy atom. The summed E-state index contributed by atoms with van der Waals surface area (Å²) in [5, 5.41) is 0. The molecule has 2 fully saturated rings. The van der Waals surface area contributed by atoms with Crippen LogP contribution in [-0.4, -0.2) is 41.4 Å². The highest BCUT2D eigenvalue weighted by atomic mass is 16.5. The van der Waals surface area contributed by atoms with Crippen molar-refractivity contribution in [3.05, 3.63) is 54.1 Å². The molecule has 6 nitrogen and oxygen atoms in total. The van der Waals surface area contributed by atoms with Crippen molar-refractivity contribution < 1.29 is 19.1 Å². The Morgan fingerprint density at radius 1 is 1.04 bits per heavy atom. The molecule has 0 aromatic heterocycles. The van der Waals surface area contributed by atoms with Crippen LogP contribution in [0.1, 0.15) is 18.4 Å². The fourth-order valence-corrected chi connectivity index (χ4v) is 3.50. The minimum atomic E-state index is -0.254. The Hall–Kier alpha value is -3.02. The molecule has 2 aromatic rings. The third-order valence-corrected chi connectivity index (χ3v) is 4.84. The van der Waals surface area contributed by atoms with Crippen molar-refractivity contribution in [2.75, 3.05) is 13.7 Å². The van der Waals surface area contributed by atoms with E-state index in [9.17, 15) is 9.59 Å². The van der Waals surface area contributed by atoms with E-state index in [1.54, 1.807) is 12.0 Å². The average Bonchev–Trinajstić information content (AvgIpc) is 3.23. The number of urea groups is 1. The van der Waals surface area contributed by atoms with E-state index in [2.05, 4.69) is 0 Å². The van der Waals surface area contributed by atoms with Gasteiger partial charge in [0.25, 0.3) is 5.91 Å². The molecule has 4 rings (SSSR count). The first-order valence-electron chi connectivity index (χ1n) is 8.69. The summed E-state index contributed by atoms with van der Waals surface area (Å²) in [5.74, 6) is 1.87. The highest BCUT2D eigenvalue weighted by Crippen LogP contribution is 2.32. The van der Waals surface area contributed by atoms with Gasteiger partial charge in [-0.2, -0.15) is 0 Å². The van der Waals surface area contributed by atoms with Gasteiger partial charge in [0.05, 0.1) is 13.7 Å². The van der Waals surface area contributed by atoms with Gasteiger partial charge in [0.1, 0.15) is 11.8 Å². The zero-order valence-corrected chi connectivity index (χ0v) is 14.6. The molecule has 0 N–H and O–H groups in total. The lowest BCUT2D eigenvalue weighted by Crippen LogP contribution is -2.32. The highest BCUT2D eigenvalue weighted by Gasteiger charge is 2.47. The molecule has 2 aliphatic heterocycles. The van der Waals surface area contributed by atoms with Gasteiger partial charge in [-0.15, -0.1) is 0 Å². The maximum Gasteiger partial charge on any atom is 0.327 e. The Kier molecular flexibility index (Phi) is 4.24. The van der Waals surface area contributed by atoms with E-state index >= 15 is 0 Å². The molecule has 2 aromatic carbocycles. The molecule has 6 heteroatoms. The lowest BCUT2D eigenvalue weighted by atomic mass is 10.2. The number of carbonyl (C=O) groups is 2. The molecule has 0 bridgehead atoms. The zero-order valence-electron chi connectivity index (χ0n) is 14.6. The second-order valence-electron chi connectivity index (χ2n) is 6.46. The molecular weight excluding hydrogens is 332 g/mol. The molecule has 0 spiro atoms. The number of rotatable bonds is 5. The van der Waals surface area contributed by atoms with E-state index in [0.29, 0.717) is 30.3 Å². The Labute approximate surface area is 151 Å². The van der Waals surface area contributed by atoms with Crippen LogP contribution in [0.4, 0.5) is 4.79 Å². The monoisotopic (exact) mass is 352 g/mol. The topological polar surface area (TPSA) is 59.1 Å². The normalized spacial score (nSPS) is 19.0. The Bertz CT molecular complexity index is 812. The number of carbonyl (C=O) groups excluding carboxylic acids is 2. The maximum atomic E-state index is 12.4. The van der Waals surface area contributed by atoms with Crippen molar-refractivity contribution in [2.24, 2.45) is 0 Å². The summed E-state index contributed by atoms with van der Waals surface area (Å²) >= 11 is 0. The molecule has 2 saturated heterocycles. The van der Waals surface area contributed by atoms with Crippen molar-refractivity contribution in [3.63, 3.8) is 0 Å². The lowest BCUT2D eigenvalue weighted by Gasteiger charge is -2.16. The second kappa shape index (κ2) is 6.71. The fraction of sp³-hybridized carbons (Fsp3) is 0.300. The molecule has 26 heavy (non-hydrogen) atoms. The van der Waals surface area contributed by atoms with Crippen LogP contribution in [0.5, 0.6) is 17.2 Å². The van der Waals surface area contributed by atoms with Crippen LogP contribution >= 0.6 is 0 Å². The summed E-state index contributed by atoms with van der Waals surface area (Å²) in [7, 11) is 1.60. The second-order valence-corrected chi connectivity index (χ2v) is 6.46. The SMILES string of the molecule is COc1ccccc1Oc1ccc(CN2C(=O)C3CCCN3C2=O)cc1. The summed E-state index contributed by atoms with van der Waals surface area (Å²) in [6.07, 6.45) is 1.68. The predicted molar refractivity (Wildman–Crippen MR) is 95.2 cm³/mol. The minimum Gasteiger partial charge on any atom is -0.493 e. The first-order chi connectivity index (χ1) is 12.7. The molecule has 1 atom stereocenters. The number of hydrogen-bond donors (Lipinski definition) is 0. The van der Waals surface area contributed by atoms with Gasteiger partial charge < -0.3 is 14.4 Å². The van der Waals surface area contributed by atoms with Gasteiger partial charge in [-0.05, 0) is 42.7 Å². The zero-order chi connectivity index (χ0) is 18.1. The van der Waals surface area contributed by atoms with Gasteiger partial charge in [-0.3, -0.25) is 9.69 Å². The van der Waals surface area contributed by atoms with Crippen LogP contribution in [0, 0.1) is 0 Å². The summed E-state index contributed by atoms with van der Waals surface area (Å²) in [5.41, 5.74) is 0.889.